The summed E-state index contributed by atoms with van der Waals surface area (Å²) in [5, 5.41) is 7.19. The lowest BCUT2D eigenvalue weighted by atomic mass is 10.1. The van der Waals surface area contributed by atoms with Crippen LogP contribution in [0.1, 0.15) is 17.5 Å². The van der Waals surface area contributed by atoms with E-state index in [0.29, 0.717) is 24.3 Å². The van der Waals surface area contributed by atoms with Gasteiger partial charge in [-0.2, -0.15) is 5.10 Å². The number of hydrogen-bond acceptors (Lipinski definition) is 4. The van der Waals surface area contributed by atoms with E-state index < -0.39 is 0 Å². The van der Waals surface area contributed by atoms with Crippen LogP contribution < -0.4 is 4.90 Å². The first-order valence-corrected chi connectivity index (χ1v) is 9.98. The number of hydrogen-bond donors (Lipinski definition) is 1. The number of anilines is 1. The predicted molar refractivity (Wildman–Crippen MR) is 119 cm³/mol. The minimum Gasteiger partial charge on any atom is -0.378 e. The van der Waals surface area contributed by atoms with E-state index in [1.165, 1.54) is 5.56 Å². The van der Waals surface area contributed by atoms with Crippen LogP contribution in [0.15, 0.2) is 48.5 Å². The maximum Gasteiger partial charge on any atom is 0.224 e. The zero-order valence-corrected chi connectivity index (χ0v) is 18.2. The molecule has 1 N–H and O–H groups in total. The molecular formula is C22H27N5OS. The Bertz CT molecular complexity index is 1020. The normalized spacial score (nSPS) is 10.8. The van der Waals surface area contributed by atoms with E-state index in [9.17, 15) is 4.79 Å². The van der Waals surface area contributed by atoms with Gasteiger partial charge in [0.05, 0.1) is 0 Å². The standard InChI is InChI=1S/C22H27N5OS/c1-16-5-9-18(10-6-16)21-23-24-22(29)27(21)14-13-20(28)26(4)15-17-7-11-19(12-8-17)25(2)3/h5-12H,13-15H2,1-4H3,(H,24,29). The molecule has 0 unspecified atom stereocenters. The van der Waals surface area contributed by atoms with E-state index in [1.807, 2.05) is 56.9 Å². The summed E-state index contributed by atoms with van der Waals surface area (Å²) in [6.45, 7) is 3.11. The first kappa shape index (κ1) is 20.8. The molecular weight excluding hydrogens is 382 g/mol. The number of aromatic amines is 1. The summed E-state index contributed by atoms with van der Waals surface area (Å²) in [7, 11) is 5.85. The molecule has 3 aromatic rings. The van der Waals surface area contributed by atoms with Gasteiger partial charge in [0.2, 0.25) is 5.91 Å². The summed E-state index contributed by atoms with van der Waals surface area (Å²) in [6.07, 6.45) is 0.360. The quantitative estimate of drug-likeness (QED) is 0.599. The highest BCUT2D eigenvalue weighted by Crippen LogP contribution is 2.19. The highest BCUT2D eigenvalue weighted by Gasteiger charge is 2.13. The van der Waals surface area contributed by atoms with Gasteiger partial charge in [-0.05, 0) is 36.8 Å². The molecule has 1 heterocycles. The minimum absolute atomic E-state index is 0.0691. The van der Waals surface area contributed by atoms with Crippen LogP contribution in [0.5, 0.6) is 0 Å². The summed E-state index contributed by atoms with van der Waals surface area (Å²) in [5.41, 5.74) is 4.40. The Morgan fingerprint density at radius 2 is 1.72 bits per heavy atom. The van der Waals surface area contributed by atoms with Crippen molar-refractivity contribution >= 4 is 23.8 Å². The molecule has 3 rings (SSSR count). The average molecular weight is 410 g/mol. The van der Waals surface area contributed by atoms with E-state index in [4.69, 9.17) is 12.2 Å². The topological polar surface area (TPSA) is 57.2 Å². The number of carbonyl (C=O) groups is 1. The van der Waals surface area contributed by atoms with Crippen LogP contribution in [0.25, 0.3) is 11.4 Å². The molecule has 1 aromatic heterocycles. The Morgan fingerprint density at radius 1 is 1.07 bits per heavy atom. The second-order valence-electron chi connectivity index (χ2n) is 7.43. The van der Waals surface area contributed by atoms with Crippen molar-refractivity contribution in [3.05, 3.63) is 64.4 Å². The Labute approximate surface area is 176 Å². The third-order valence-corrected chi connectivity index (χ3v) is 5.23. The lowest BCUT2D eigenvalue weighted by Gasteiger charge is -2.19. The molecule has 7 heteroatoms. The van der Waals surface area contributed by atoms with Gasteiger partial charge in [-0.15, -0.1) is 0 Å². The van der Waals surface area contributed by atoms with Crippen LogP contribution in [0.2, 0.25) is 0 Å². The minimum atomic E-state index is 0.0691. The summed E-state index contributed by atoms with van der Waals surface area (Å²) >= 11 is 5.37. The third-order valence-electron chi connectivity index (χ3n) is 4.92. The molecule has 0 radical (unpaired) electrons. The number of H-pyrrole nitrogens is 1. The molecule has 1 amide bonds. The molecule has 6 nitrogen and oxygen atoms in total. The number of nitrogens with one attached hydrogen (secondary N) is 1. The molecule has 0 aliphatic carbocycles. The van der Waals surface area contributed by atoms with Gasteiger partial charge >= 0.3 is 0 Å². The molecule has 0 aliphatic heterocycles. The van der Waals surface area contributed by atoms with Gasteiger partial charge in [0.1, 0.15) is 0 Å². The molecule has 0 saturated carbocycles. The Morgan fingerprint density at radius 3 is 2.34 bits per heavy atom. The first-order valence-electron chi connectivity index (χ1n) is 9.57. The molecule has 0 spiro atoms. The molecule has 0 saturated heterocycles. The van der Waals surface area contributed by atoms with Crippen LogP contribution in [0.3, 0.4) is 0 Å². The highest BCUT2D eigenvalue weighted by molar-refractivity contribution is 7.71. The number of aromatic nitrogens is 3. The van der Waals surface area contributed by atoms with Crippen molar-refractivity contribution < 1.29 is 4.79 Å². The van der Waals surface area contributed by atoms with Gasteiger partial charge in [-0.25, -0.2) is 0 Å². The fourth-order valence-corrected chi connectivity index (χ4v) is 3.33. The maximum absolute atomic E-state index is 12.7. The van der Waals surface area contributed by atoms with Crippen molar-refractivity contribution in [1.29, 1.82) is 0 Å². The predicted octanol–water partition coefficient (Wildman–Crippen LogP) is 4.03. The van der Waals surface area contributed by atoms with Gasteiger partial charge in [0.25, 0.3) is 0 Å². The number of aryl methyl sites for hydroxylation is 1. The van der Waals surface area contributed by atoms with Crippen molar-refractivity contribution in [1.82, 2.24) is 19.7 Å². The molecule has 29 heavy (non-hydrogen) atoms. The fourth-order valence-electron chi connectivity index (χ4n) is 3.11. The molecule has 0 aliphatic rings. The molecule has 0 bridgehead atoms. The number of carbonyl (C=O) groups excluding carboxylic acids is 1. The smallest absolute Gasteiger partial charge is 0.224 e. The zero-order chi connectivity index (χ0) is 21.0. The lowest BCUT2D eigenvalue weighted by molar-refractivity contribution is -0.130. The Balaban J connectivity index is 1.64. The van der Waals surface area contributed by atoms with Gasteiger partial charge in [-0.1, -0.05) is 42.0 Å². The summed E-state index contributed by atoms with van der Waals surface area (Å²) in [6, 6.07) is 16.3. The average Bonchev–Trinajstić information content (AvgIpc) is 3.07. The van der Waals surface area contributed by atoms with Crippen molar-refractivity contribution in [3.63, 3.8) is 0 Å². The van der Waals surface area contributed by atoms with E-state index in [2.05, 4.69) is 39.4 Å². The second kappa shape index (κ2) is 9.05. The largest absolute Gasteiger partial charge is 0.378 e. The first-order chi connectivity index (χ1) is 13.8. The zero-order valence-electron chi connectivity index (χ0n) is 17.3. The van der Waals surface area contributed by atoms with Gasteiger partial charge in [0.15, 0.2) is 10.6 Å². The lowest BCUT2D eigenvalue weighted by Crippen LogP contribution is -2.27. The van der Waals surface area contributed by atoms with Crippen LogP contribution in [-0.4, -0.2) is 46.7 Å². The van der Waals surface area contributed by atoms with Crippen molar-refractivity contribution in [3.8, 4) is 11.4 Å². The SMILES string of the molecule is Cc1ccc(-c2n[nH]c(=S)n2CCC(=O)N(C)Cc2ccc(N(C)C)cc2)cc1. The van der Waals surface area contributed by atoms with Crippen LogP contribution in [-0.2, 0) is 17.9 Å². The third kappa shape index (κ3) is 5.12. The highest BCUT2D eigenvalue weighted by atomic mass is 32.1. The molecule has 152 valence electrons. The van der Waals surface area contributed by atoms with E-state index >= 15 is 0 Å². The van der Waals surface area contributed by atoms with E-state index in [1.54, 1.807) is 4.90 Å². The van der Waals surface area contributed by atoms with Crippen molar-refractivity contribution in [2.45, 2.75) is 26.4 Å². The van der Waals surface area contributed by atoms with Crippen LogP contribution in [0.4, 0.5) is 5.69 Å². The maximum atomic E-state index is 12.7. The molecule has 0 fully saturated rings. The van der Waals surface area contributed by atoms with Gasteiger partial charge in [-0.3, -0.25) is 14.5 Å². The summed E-state index contributed by atoms with van der Waals surface area (Å²) in [4.78, 5) is 16.5. The van der Waals surface area contributed by atoms with E-state index in [-0.39, 0.29) is 5.91 Å². The van der Waals surface area contributed by atoms with E-state index in [0.717, 1.165) is 22.6 Å². The summed E-state index contributed by atoms with van der Waals surface area (Å²) < 4.78 is 2.41. The second-order valence-corrected chi connectivity index (χ2v) is 7.82. The number of rotatable bonds is 7. The van der Waals surface area contributed by atoms with Gasteiger partial charge < -0.3 is 9.80 Å². The van der Waals surface area contributed by atoms with Gasteiger partial charge in [0, 0.05) is 51.9 Å². The fraction of sp³-hybridized carbons (Fsp3) is 0.318. The Hall–Kier alpha value is -2.93. The van der Waals surface area contributed by atoms with Crippen molar-refractivity contribution in [2.75, 3.05) is 26.0 Å². The van der Waals surface area contributed by atoms with Crippen molar-refractivity contribution in [2.24, 2.45) is 0 Å². The number of benzene rings is 2. The number of amides is 1. The molecule has 0 atom stereocenters. The molecule has 2 aromatic carbocycles. The Kier molecular flexibility index (Phi) is 6.49. The number of nitrogens with zero attached hydrogens (tertiary/aromatic N) is 4. The summed E-state index contributed by atoms with van der Waals surface area (Å²) in [5.74, 6) is 0.823. The van der Waals surface area contributed by atoms with Crippen LogP contribution in [0, 0.1) is 11.7 Å². The monoisotopic (exact) mass is 409 g/mol. The van der Waals surface area contributed by atoms with Crippen LogP contribution >= 0.6 is 12.2 Å².